The van der Waals surface area contributed by atoms with E-state index >= 15 is 0 Å². The number of halogens is 1. The average Bonchev–Trinajstić information content (AvgIpc) is 2.74. The molecular formula is C22H27BrN6O2. The van der Waals surface area contributed by atoms with Gasteiger partial charge in [-0.05, 0) is 39.0 Å². The summed E-state index contributed by atoms with van der Waals surface area (Å²) in [6.07, 6.45) is 1.52. The van der Waals surface area contributed by atoms with Crippen molar-refractivity contribution < 1.29 is 9.53 Å². The van der Waals surface area contributed by atoms with Gasteiger partial charge < -0.3 is 4.74 Å². The summed E-state index contributed by atoms with van der Waals surface area (Å²) >= 11 is 3.43. The van der Waals surface area contributed by atoms with E-state index in [0.29, 0.717) is 22.4 Å². The van der Waals surface area contributed by atoms with Crippen molar-refractivity contribution in [1.82, 2.24) is 20.3 Å². The van der Waals surface area contributed by atoms with Gasteiger partial charge >= 0.3 is 0 Å². The molecule has 1 aliphatic rings. The summed E-state index contributed by atoms with van der Waals surface area (Å²) in [5.74, 6) is 0.240. The van der Waals surface area contributed by atoms with Gasteiger partial charge in [0.2, 0.25) is 5.82 Å². The molecule has 1 aromatic carbocycles. The summed E-state index contributed by atoms with van der Waals surface area (Å²) < 4.78 is 5.98. The topological polar surface area (TPSA) is 94.4 Å². The Hall–Kier alpha value is -2.54. The Morgan fingerprint density at radius 3 is 2.58 bits per heavy atom. The second-order valence-electron chi connectivity index (χ2n) is 8.65. The van der Waals surface area contributed by atoms with E-state index in [-0.39, 0.29) is 17.1 Å². The summed E-state index contributed by atoms with van der Waals surface area (Å²) in [6, 6.07) is 9.56. The Morgan fingerprint density at radius 1 is 1.29 bits per heavy atom. The Kier molecular flexibility index (Phi) is 7.59. The number of nitriles is 1. The number of hydrogen-bond acceptors (Lipinski definition) is 7. The van der Waals surface area contributed by atoms with E-state index in [1.165, 1.54) is 6.20 Å². The van der Waals surface area contributed by atoms with Crippen molar-refractivity contribution in [3.63, 3.8) is 0 Å². The standard InChI is InChI=1S/C22H27BrN6O2/c1-22(2,3)15-29(20-18(23)13-25-19(12-24)26-20)27-21(30)17-6-4-16(5-7-17)14-28-8-10-31-11-9-28/h4-7,13H,8-11,14-15H2,1-3H3,(H,27,30). The number of rotatable bonds is 6. The van der Waals surface area contributed by atoms with Crippen molar-refractivity contribution in [1.29, 1.82) is 5.26 Å². The zero-order valence-electron chi connectivity index (χ0n) is 18.1. The van der Waals surface area contributed by atoms with Gasteiger partial charge in [0.1, 0.15) is 6.07 Å². The van der Waals surface area contributed by atoms with Crippen LogP contribution in [-0.4, -0.2) is 53.6 Å². The van der Waals surface area contributed by atoms with Gasteiger partial charge in [-0.25, -0.2) is 4.98 Å². The van der Waals surface area contributed by atoms with Crippen LogP contribution in [0.2, 0.25) is 0 Å². The lowest BCUT2D eigenvalue weighted by Crippen LogP contribution is -2.47. The Balaban J connectivity index is 1.75. The maximum absolute atomic E-state index is 13.0. The highest BCUT2D eigenvalue weighted by molar-refractivity contribution is 9.10. The highest BCUT2D eigenvalue weighted by Crippen LogP contribution is 2.25. The molecule has 1 fully saturated rings. The van der Waals surface area contributed by atoms with Gasteiger partial charge in [-0.1, -0.05) is 32.9 Å². The first-order chi connectivity index (χ1) is 14.7. The summed E-state index contributed by atoms with van der Waals surface area (Å²) in [5.41, 5.74) is 4.51. The minimum atomic E-state index is -0.244. The third-order valence-electron chi connectivity index (χ3n) is 4.68. The molecule has 8 nitrogen and oxygen atoms in total. The van der Waals surface area contributed by atoms with Crippen molar-refractivity contribution in [2.24, 2.45) is 5.41 Å². The summed E-state index contributed by atoms with van der Waals surface area (Å²) in [6.45, 7) is 10.9. The molecule has 0 saturated carbocycles. The second-order valence-corrected chi connectivity index (χ2v) is 9.50. The molecule has 31 heavy (non-hydrogen) atoms. The number of aromatic nitrogens is 2. The monoisotopic (exact) mass is 486 g/mol. The van der Waals surface area contributed by atoms with Gasteiger partial charge in [0, 0.05) is 37.9 Å². The summed E-state index contributed by atoms with van der Waals surface area (Å²) in [5, 5.41) is 10.8. The van der Waals surface area contributed by atoms with Crippen LogP contribution in [0, 0.1) is 16.7 Å². The molecule has 1 saturated heterocycles. The molecule has 9 heteroatoms. The van der Waals surface area contributed by atoms with Crippen molar-refractivity contribution >= 4 is 27.7 Å². The molecule has 0 aliphatic carbocycles. The normalized spacial score (nSPS) is 14.7. The van der Waals surface area contributed by atoms with Crippen LogP contribution < -0.4 is 10.4 Å². The Labute approximate surface area is 191 Å². The minimum absolute atomic E-state index is 0.0406. The number of amides is 1. The van der Waals surface area contributed by atoms with Gasteiger partial charge in [-0.2, -0.15) is 10.2 Å². The van der Waals surface area contributed by atoms with E-state index < -0.39 is 0 Å². The molecule has 0 unspecified atom stereocenters. The molecule has 0 bridgehead atoms. The van der Waals surface area contributed by atoms with Gasteiger partial charge in [0.15, 0.2) is 5.82 Å². The number of hydrogen-bond donors (Lipinski definition) is 1. The number of morpholine rings is 1. The Morgan fingerprint density at radius 2 is 1.97 bits per heavy atom. The molecule has 0 spiro atoms. The molecule has 164 valence electrons. The van der Waals surface area contributed by atoms with Crippen molar-refractivity contribution in [3.05, 3.63) is 51.9 Å². The summed E-state index contributed by atoms with van der Waals surface area (Å²) in [7, 11) is 0. The first kappa shape index (κ1) is 23.1. The maximum Gasteiger partial charge on any atom is 0.269 e. The van der Waals surface area contributed by atoms with Crippen LogP contribution in [0.3, 0.4) is 0 Å². The number of carbonyl (C=O) groups excluding carboxylic acids is 1. The molecule has 3 rings (SSSR count). The molecule has 1 aromatic heterocycles. The van der Waals surface area contributed by atoms with Gasteiger partial charge in [0.25, 0.3) is 5.91 Å². The molecule has 1 amide bonds. The van der Waals surface area contributed by atoms with Crippen LogP contribution in [0.4, 0.5) is 5.82 Å². The van der Waals surface area contributed by atoms with Crippen molar-refractivity contribution in [2.75, 3.05) is 37.9 Å². The van der Waals surface area contributed by atoms with Crippen LogP contribution >= 0.6 is 15.9 Å². The lowest BCUT2D eigenvalue weighted by Gasteiger charge is -2.31. The lowest BCUT2D eigenvalue weighted by atomic mass is 9.97. The van der Waals surface area contributed by atoms with E-state index in [0.717, 1.165) is 38.4 Å². The number of hydrazine groups is 1. The third-order valence-corrected chi connectivity index (χ3v) is 5.24. The predicted octanol–water partition coefficient (Wildman–Crippen LogP) is 3.14. The van der Waals surface area contributed by atoms with Crippen LogP contribution in [0.1, 0.15) is 42.5 Å². The third kappa shape index (κ3) is 6.72. The number of anilines is 1. The van der Waals surface area contributed by atoms with Crippen LogP contribution in [-0.2, 0) is 11.3 Å². The number of benzene rings is 1. The number of carbonyl (C=O) groups is 1. The highest BCUT2D eigenvalue weighted by Gasteiger charge is 2.23. The zero-order chi connectivity index (χ0) is 22.4. The van der Waals surface area contributed by atoms with Gasteiger partial charge in [0.05, 0.1) is 17.7 Å². The largest absolute Gasteiger partial charge is 0.379 e. The fourth-order valence-corrected chi connectivity index (χ4v) is 3.61. The molecular weight excluding hydrogens is 460 g/mol. The number of nitrogens with one attached hydrogen (secondary N) is 1. The molecule has 2 aromatic rings. The fraction of sp³-hybridized carbons (Fsp3) is 0.455. The van der Waals surface area contributed by atoms with E-state index in [4.69, 9.17) is 10.00 Å². The number of ether oxygens (including phenoxy) is 1. The van der Waals surface area contributed by atoms with Crippen molar-refractivity contribution in [2.45, 2.75) is 27.3 Å². The predicted molar refractivity (Wildman–Crippen MR) is 121 cm³/mol. The molecule has 0 radical (unpaired) electrons. The second kappa shape index (κ2) is 10.2. The average molecular weight is 487 g/mol. The van der Waals surface area contributed by atoms with Crippen LogP contribution in [0.15, 0.2) is 34.9 Å². The molecule has 2 heterocycles. The summed E-state index contributed by atoms with van der Waals surface area (Å²) in [4.78, 5) is 23.6. The maximum atomic E-state index is 13.0. The van der Waals surface area contributed by atoms with Crippen molar-refractivity contribution in [3.8, 4) is 6.07 Å². The van der Waals surface area contributed by atoms with Gasteiger partial charge in [-0.15, -0.1) is 0 Å². The zero-order valence-corrected chi connectivity index (χ0v) is 19.6. The smallest absolute Gasteiger partial charge is 0.269 e. The molecule has 1 N–H and O–H groups in total. The highest BCUT2D eigenvalue weighted by atomic mass is 79.9. The lowest BCUT2D eigenvalue weighted by molar-refractivity contribution is 0.0342. The van der Waals surface area contributed by atoms with E-state index in [9.17, 15) is 4.79 Å². The quantitative estimate of drug-likeness (QED) is 0.626. The van der Waals surface area contributed by atoms with E-state index in [1.54, 1.807) is 5.01 Å². The minimum Gasteiger partial charge on any atom is -0.379 e. The number of nitrogens with zero attached hydrogens (tertiary/aromatic N) is 5. The van der Waals surface area contributed by atoms with Crippen LogP contribution in [0.5, 0.6) is 0 Å². The van der Waals surface area contributed by atoms with Gasteiger partial charge in [-0.3, -0.25) is 20.1 Å². The molecule has 0 atom stereocenters. The first-order valence-electron chi connectivity index (χ1n) is 10.2. The van der Waals surface area contributed by atoms with Crippen LogP contribution in [0.25, 0.3) is 0 Å². The first-order valence-corrected chi connectivity index (χ1v) is 10.9. The Bertz CT molecular complexity index is 946. The SMILES string of the molecule is CC(C)(C)CN(NC(=O)c1ccc(CN2CCOCC2)cc1)c1nc(C#N)ncc1Br. The fourth-order valence-electron chi connectivity index (χ4n) is 3.21. The van der Waals surface area contributed by atoms with E-state index in [1.807, 2.05) is 30.3 Å². The molecule has 1 aliphatic heterocycles. The van der Waals surface area contributed by atoms with E-state index in [2.05, 4.69) is 57.0 Å².